The van der Waals surface area contributed by atoms with Gasteiger partial charge in [0.15, 0.2) is 0 Å². The number of carbonyl (C=O) groups is 1. The number of likely N-dealkylation sites (tertiary alicyclic amines) is 1. The van der Waals surface area contributed by atoms with Crippen LogP contribution in [0.2, 0.25) is 0 Å². The maximum absolute atomic E-state index is 12.2. The van der Waals surface area contributed by atoms with Gasteiger partial charge in [-0.1, -0.05) is 0 Å². The number of halogens is 1. The van der Waals surface area contributed by atoms with Gasteiger partial charge in [0, 0.05) is 26.0 Å². The average Bonchev–Trinajstić information content (AvgIpc) is 2.84. The molecule has 0 aliphatic carbocycles. The van der Waals surface area contributed by atoms with E-state index in [1.807, 2.05) is 17.9 Å². The third kappa shape index (κ3) is 2.07. The number of carbonyl (C=O) groups excluding carboxylic acids is 1. The Morgan fingerprint density at radius 2 is 2.44 bits per heavy atom. The van der Waals surface area contributed by atoms with Crippen molar-refractivity contribution in [3.8, 4) is 0 Å². The number of hydrogen-bond donors (Lipinski definition) is 0. The fourth-order valence-corrected chi connectivity index (χ4v) is 2.37. The summed E-state index contributed by atoms with van der Waals surface area (Å²) in [5, 5.41) is 4.19. The number of aryl methyl sites for hydroxylation is 2. The van der Waals surface area contributed by atoms with Gasteiger partial charge >= 0.3 is 0 Å². The molecule has 5 heteroatoms. The highest BCUT2D eigenvalue weighted by atomic mass is 35.5. The molecule has 0 bridgehead atoms. The first kappa shape index (κ1) is 11.5. The van der Waals surface area contributed by atoms with Gasteiger partial charge in [-0.2, -0.15) is 5.10 Å². The van der Waals surface area contributed by atoms with E-state index in [0.29, 0.717) is 17.5 Å². The number of amides is 1. The number of rotatable bonds is 2. The van der Waals surface area contributed by atoms with Crippen molar-refractivity contribution in [3.05, 3.63) is 17.5 Å². The van der Waals surface area contributed by atoms with Crippen LogP contribution in [-0.2, 0) is 7.05 Å². The molecule has 1 aromatic rings. The first-order valence-electron chi connectivity index (χ1n) is 5.47. The molecule has 1 amide bonds. The molecular formula is C11H16ClN3O. The lowest BCUT2D eigenvalue weighted by Gasteiger charge is -2.15. The van der Waals surface area contributed by atoms with Crippen LogP contribution in [0.25, 0.3) is 0 Å². The number of alkyl halides is 1. The van der Waals surface area contributed by atoms with Gasteiger partial charge in [-0.3, -0.25) is 9.48 Å². The standard InChI is InChI=1S/C11H16ClN3O/c1-8-5-10(14(2)13-8)11(16)15-4-3-9(6-12)7-15/h5,9H,3-4,6-7H2,1-2H3. The van der Waals surface area contributed by atoms with Crippen molar-refractivity contribution in [3.63, 3.8) is 0 Å². The minimum atomic E-state index is 0.0655. The summed E-state index contributed by atoms with van der Waals surface area (Å²) in [6.45, 7) is 3.47. The molecule has 0 spiro atoms. The monoisotopic (exact) mass is 241 g/mol. The van der Waals surface area contributed by atoms with Gasteiger partial charge in [0.1, 0.15) is 5.69 Å². The van der Waals surface area contributed by atoms with Crippen LogP contribution in [0.3, 0.4) is 0 Å². The lowest BCUT2D eigenvalue weighted by molar-refractivity contribution is 0.0777. The van der Waals surface area contributed by atoms with Crippen LogP contribution in [-0.4, -0.2) is 39.6 Å². The van der Waals surface area contributed by atoms with Gasteiger partial charge in [-0.25, -0.2) is 0 Å². The summed E-state index contributed by atoms with van der Waals surface area (Å²) in [5.74, 6) is 1.14. The van der Waals surface area contributed by atoms with Crippen molar-refractivity contribution in [2.24, 2.45) is 13.0 Å². The molecule has 4 nitrogen and oxygen atoms in total. The van der Waals surface area contributed by atoms with Crippen molar-refractivity contribution in [1.82, 2.24) is 14.7 Å². The second-order valence-electron chi connectivity index (χ2n) is 4.35. The molecule has 2 rings (SSSR count). The zero-order valence-electron chi connectivity index (χ0n) is 9.61. The Morgan fingerprint density at radius 3 is 2.94 bits per heavy atom. The Labute approximate surface area is 100 Å². The van der Waals surface area contributed by atoms with Crippen LogP contribution in [0.15, 0.2) is 6.07 Å². The summed E-state index contributed by atoms with van der Waals surface area (Å²) < 4.78 is 1.64. The highest BCUT2D eigenvalue weighted by Gasteiger charge is 2.27. The van der Waals surface area contributed by atoms with E-state index in [4.69, 9.17) is 11.6 Å². The molecule has 1 aromatic heterocycles. The van der Waals surface area contributed by atoms with Gasteiger partial charge in [0.2, 0.25) is 0 Å². The molecule has 88 valence electrons. The molecule has 1 saturated heterocycles. The SMILES string of the molecule is Cc1cc(C(=O)N2CCC(CCl)C2)n(C)n1. The third-order valence-corrected chi connectivity index (χ3v) is 3.45. The fraction of sp³-hybridized carbons (Fsp3) is 0.636. The van der Waals surface area contributed by atoms with Gasteiger partial charge in [-0.05, 0) is 25.3 Å². The second-order valence-corrected chi connectivity index (χ2v) is 4.66. The number of aromatic nitrogens is 2. The Hall–Kier alpha value is -1.03. The Bertz CT molecular complexity index is 402. The molecule has 1 unspecified atom stereocenters. The van der Waals surface area contributed by atoms with Crippen molar-refractivity contribution in [1.29, 1.82) is 0 Å². The summed E-state index contributed by atoms with van der Waals surface area (Å²) in [6.07, 6.45) is 1.01. The van der Waals surface area contributed by atoms with E-state index in [-0.39, 0.29) is 5.91 Å². The van der Waals surface area contributed by atoms with E-state index in [1.165, 1.54) is 0 Å². The van der Waals surface area contributed by atoms with Crippen LogP contribution in [0.4, 0.5) is 0 Å². The van der Waals surface area contributed by atoms with Gasteiger partial charge in [-0.15, -0.1) is 11.6 Å². The molecule has 0 aromatic carbocycles. The van der Waals surface area contributed by atoms with Crippen molar-refractivity contribution >= 4 is 17.5 Å². The Morgan fingerprint density at radius 1 is 1.69 bits per heavy atom. The largest absolute Gasteiger partial charge is 0.337 e. The van der Waals surface area contributed by atoms with Gasteiger partial charge in [0.05, 0.1) is 5.69 Å². The minimum absolute atomic E-state index is 0.0655. The first-order valence-corrected chi connectivity index (χ1v) is 6.01. The van der Waals surface area contributed by atoms with Crippen LogP contribution in [0.1, 0.15) is 22.6 Å². The van der Waals surface area contributed by atoms with Crippen LogP contribution in [0.5, 0.6) is 0 Å². The van der Waals surface area contributed by atoms with Gasteiger partial charge in [0.25, 0.3) is 5.91 Å². The lowest BCUT2D eigenvalue weighted by atomic mass is 10.2. The van der Waals surface area contributed by atoms with Crippen molar-refractivity contribution in [2.75, 3.05) is 19.0 Å². The summed E-state index contributed by atoms with van der Waals surface area (Å²) in [7, 11) is 1.80. The molecular weight excluding hydrogens is 226 g/mol. The van der Waals surface area contributed by atoms with Crippen molar-refractivity contribution < 1.29 is 4.79 Å². The molecule has 0 radical (unpaired) electrons. The normalized spacial score (nSPS) is 20.4. The fourth-order valence-electron chi connectivity index (χ4n) is 2.12. The molecule has 0 saturated carbocycles. The Kier molecular flexibility index (Phi) is 3.19. The summed E-state index contributed by atoms with van der Waals surface area (Å²) in [4.78, 5) is 14.0. The van der Waals surface area contributed by atoms with Gasteiger partial charge < -0.3 is 4.90 Å². The van der Waals surface area contributed by atoms with Crippen LogP contribution in [0, 0.1) is 12.8 Å². The maximum Gasteiger partial charge on any atom is 0.272 e. The zero-order valence-corrected chi connectivity index (χ0v) is 10.4. The van der Waals surface area contributed by atoms with E-state index in [1.54, 1.807) is 11.7 Å². The zero-order chi connectivity index (χ0) is 11.7. The topological polar surface area (TPSA) is 38.1 Å². The highest BCUT2D eigenvalue weighted by Crippen LogP contribution is 2.19. The van der Waals surface area contributed by atoms with Crippen LogP contribution < -0.4 is 0 Å². The molecule has 2 heterocycles. The molecule has 1 aliphatic rings. The lowest BCUT2D eigenvalue weighted by Crippen LogP contribution is -2.30. The highest BCUT2D eigenvalue weighted by molar-refractivity contribution is 6.18. The maximum atomic E-state index is 12.2. The third-order valence-electron chi connectivity index (χ3n) is 3.01. The smallest absolute Gasteiger partial charge is 0.272 e. The predicted octanol–water partition coefficient (Wildman–Crippen LogP) is 1.43. The molecule has 1 aliphatic heterocycles. The predicted molar refractivity (Wildman–Crippen MR) is 62.7 cm³/mol. The first-order chi connectivity index (χ1) is 7.61. The average molecular weight is 242 g/mol. The minimum Gasteiger partial charge on any atom is -0.337 e. The summed E-state index contributed by atoms with van der Waals surface area (Å²) in [6, 6.07) is 1.83. The quantitative estimate of drug-likeness (QED) is 0.735. The van der Waals surface area contributed by atoms with E-state index in [9.17, 15) is 4.79 Å². The second kappa shape index (κ2) is 4.45. The van der Waals surface area contributed by atoms with Crippen LogP contribution >= 0.6 is 11.6 Å². The number of hydrogen-bond acceptors (Lipinski definition) is 2. The molecule has 1 atom stereocenters. The molecule has 16 heavy (non-hydrogen) atoms. The molecule has 1 fully saturated rings. The molecule has 0 N–H and O–H groups in total. The van der Waals surface area contributed by atoms with E-state index in [2.05, 4.69) is 5.10 Å². The summed E-state index contributed by atoms with van der Waals surface area (Å²) >= 11 is 5.80. The van der Waals surface area contributed by atoms with E-state index < -0.39 is 0 Å². The summed E-state index contributed by atoms with van der Waals surface area (Å²) in [5.41, 5.74) is 1.53. The van der Waals surface area contributed by atoms with E-state index >= 15 is 0 Å². The van der Waals surface area contributed by atoms with E-state index in [0.717, 1.165) is 25.2 Å². The Balaban J connectivity index is 2.11. The van der Waals surface area contributed by atoms with Crippen molar-refractivity contribution in [2.45, 2.75) is 13.3 Å². The number of nitrogens with zero attached hydrogens (tertiary/aromatic N) is 3.